The molecule has 1 unspecified atom stereocenters. The van der Waals surface area contributed by atoms with Crippen LogP contribution in [0.25, 0.3) is 11.0 Å². The maximum Gasteiger partial charge on any atom is 0.419 e. The summed E-state index contributed by atoms with van der Waals surface area (Å²) >= 11 is 0. The lowest BCUT2D eigenvalue weighted by molar-refractivity contribution is -0.120. The van der Waals surface area contributed by atoms with Crippen LogP contribution in [0.3, 0.4) is 0 Å². The van der Waals surface area contributed by atoms with Crippen molar-refractivity contribution < 1.29 is 19.1 Å². The highest BCUT2D eigenvalue weighted by molar-refractivity contribution is 6.05. The molecule has 8 heteroatoms. The fraction of sp³-hybridized carbons (Fsp3) is 0.333. The number of nitrogens with one attached hydrogen (secondary N) is 2. The third-order valence-electron chi connectivity index (χ3n) is 3.25. The smallest absolute Gasteiger partial charge is 0.419 e. The molecule has 3 heterocycles. The van der Waals surface area contributed by atoms with Gasteiger partial charge in [0.15, 0.2) is 6.04 Å². The van der Waals surface area contributed by atoms with Crippen LogP contribution in [-0.4, -0.2) is 33.2 Å². The zero-order chi connectivity index (χ0) is 16.8. The van der Waals surface area contributed by atoms with Gasteiger partial charge in [-0.15, -0.1) is 0 Å². The molecular formula is C15H16N4O4. The number of fused-ring (bicyclic) bond motifs is 1. The van der Waals surface area contributed by atoms with Gasteiger partial charge >= 0.3 is 12.1 Å². The van der Waals surface area contributed by atoms with Crippen LogP contribution in [0.15, 0.2) is 24.4 Å². The van der Waals surface area contributed by atoms with Gasteiger partial charge in [-0.1, -0.05) is 0 Å². The second-order valence-electron chi connectivity index (χ2n) is 6.19. The van der Waals surface area contributed by atoms with E-state index in [-0.39, 0.29) is 0 Å². The van der Waals surface area contributed by atoms with Crippen molar-refractivity contribution in [2.24, 2.45) is 0 Å². The predicted octanol–water partition coefficient (Wildman–Crippen LogP) is 1.70. The highest BCUT2D eigenvalue weighted by Crippen LogP contribution is 2.26. The van der Waals surface area contributed by atoms with Gasteiger partial charge in [-0.05, 0) is 39.0 Å². The quantitative estimate of drug-likeness (QED) is 0.780. The van der Waals surface area contributed by atoms with Crippen LogP contribution in [-0.2, 0) is 9.53 Å². The van der Waals surface area contributed by atoms with E-state index in [0.717, 1.165) is 0 Å². The zero-order valence-corrected chi connectivity index (χ0v) is 12.9. The van der Waals surface area contributed by atoms with Crippen LogP contribution in [0.5, 0.6) is 0 Å². The number of hydrogen-bond donors (Lipinski definition) is 2. The Morgan fingerprint density at radius 1 is 1.35 bits per heavy atom. The second-order valence-corrected chi connectivity index (χ2v) is 6.19. The number of pyridine rings is 1. The van der Waals surface area contributed by atoms with Crippen LogP contribution in [0, 0.1) is 0 Å². The maximum atomic E-state index is 12.6. The first kappa shape index (κ1) is 15.0. The molecule has 0 aromatic carbocycles. The first-order valence-electron chi connectivity index (χ1n) is 7.07. The summed E-state index contributed by atoms with van der Waals surface area (Å²) in [4.78, 5) is 40.1. The summed E-state index contributed by atoms with van der Waals surface area (Å²) in [5, 5.41) is 4.63. The van der Waals surface area contributed by atoms with Crippen molar-refractivity contribution in [1.82, 2.24) is 20.2 Å². The van der Waals surface area contributed by atoms with Crippen LogP contribution in [0.4, 0.5) is 9.59 Å². The largest absolute Gasteiger partial charge is 0.443 e. The molecule has 1 aliphatic rings. The van der Waals surface area contributed by atoms with Gasteiger partial charge in [-0.2, -0.15) is 0 Å². The fourth-order valence-electron chi connectivity index (χ4n) is 2.40. The number of ether oxygens (including phenoxy) is 1. The van der Waals surface area contributed by atoms with Crippen LogP contribution >= 0.6 is 0 Å². The number of aromatic nitrogens is 2. The monoisotopic (exact) mass is 316 g/mol. The van der Waals surface area contributed by atoms with Crippen molar-refractivity contribution in [2.45, 2.75) is 32.4 Å². The molecule has 2 aromatic rings. The molecule has 3 rings (SSSR count). The molecule has 0 aliphatic carbocycles. The molecule has 0 saturated carbocycles. The molecule has 8 nitrogen and oxygen atoms in total. The third-order valence-corrected chi connectivity index (χ3v) is 3.25. The van der Waals surface area contributed by atoms with E-state index in [1.54, 1.807) is 45.2 Å². The normalized spacial score (nSPS) is 18.0. The van der Waals surface area contributed by atoms with Gasteiger partial charge in [0.2, 0.25) is 0 Å². The lowest BCUT2D eigenvalue weighted by atomic mass is 10.2. The lowest BCUT2D eigenvalue weighted by Gasteiger charge is -2.21. The second kappa shape index (κ2) is 5.08. The van der Waals surface area contributed by atoms with E-state index in [2.05, 4.69) is 15.6 Å². The van der Waals surface area contributed by atoms with Gasteiger partial charge in [-0.25, -0.2) is 14.2 Å². The standard InChI is InChI=1S/C15H16N4O4/c1-15(2,3)23-14(22)19-9-5-4-6-16-8(9)7-10(19)11-12(20)18-13(21)17-11/h4-7,11H,1-3H3,(H2,17,18,20,21). The molecule has 120 valence electrons. The predicted molar refractivity (Wildman–Crippen MR) is 80.8 cm³/mol. The molecule has 1 aliphatic heterocycles. The zero-order valence-electron chi connectivity index (χ0n) is 12.9. The Morgan fingerprint density at radius 3 is 2.70 bits per heavy atom. The Morgan fingerprint density at radius 2 is 2.09 bits per heavy atom. The van der Waals surface area contributed by atoms with E-state index in [4.69, 9.17) is 4.74 Å². The third kappa shape index (κ3) is 2.75. The summed E-state index contributed by atoms with van der Waals surface area (Å²) in [7, 11) is 0. The van der Waals surface area contributed by atoms with E-state index in [0.29, 0.717) is 16.7 Å². The summed E-state index contributed by atoms with van der Waals surface area (Å²) in [6.07, 6.45) is 0.947. The highest BCUT2D eigenvalue weighted by atomic mass is 16.6. The molecule has 2 aromatic heterocycles. The maximum absolute atomic E-state index is 12.6. The number of carbonyl (C=O) groups excluding carboxylic acids is 3. The number of rotatable bonds is 1. The minimum Gasteiger partial charge on any atom is -0.443 e. The van der Waals surface area contributed by atoms with Gasteiger partial charge < -0.3 is 10.1 Å². The molecule has 3 amide bonds. The van der Waals surface area contributed by atoms with Crippen molar-refractivity contribution in [2.75, 3.05) is 0 Å². The van der Waals surface area contributed by atoms with E-state index in [9.17, 15) is 14.4 Å². The SMILES string of the molecule is CC(C)(C)OC(=O)n1c(C2NC(=O)NC2=O)cc2ncccc21. The van der Waals surface area contributed by atoms with Crippen molar-refractivity contribution in [3.63, 3.8) is 0 Å². The number of carbonyl (C=O) groups is 3. The van der Waals surface area contributed by atoms with Crippen LogP contribution in [0.1, 0.15) is 32.5 Å². The molecule has 0 radical (unpaired) electrons. The molecule has 1 atom stereocenters. The van der Waals surface area contributed by atoms with Crippen molar-refractivity contribution in [1.29, 1.82) is 0 Å². The van der Waals surface area contributed by atoms with E-state index >= 15 is 0 Å². The Labute approximate surface area is 131 Å². The topological polar surface area (TPSA) is 102 Å². The van der Waals surface area contributed by atoms with Crippen LogP contribution < -0.4 is 10.6 Å². The number of amides is 3. The average molecular weight is 316 g/mol. The summed E-state index contributed by atoms with van der Waals surface area (Å²) in [6.45, 7) is 5.25. The lowest BCUT2D eigenvalue weighted by Crippen LogP contribution is -2.30. The molecule has 1 fully saturated rings. The number of urea groups is 1. The highest BCUT2D eigenvalue weighted by Gasteiger charge is 2.36. The summed E-state index contributed by atoms with van der Waals surface area (Å²) in [5.41, 5.74) is 0.637. The summed E-state index contributed by atoms with van der Waals surface area (Å²) < 4.78 is 6.67. The Balaban J connectivity index is 2.14. The number of nitrogens with zero attached hydrogens (tertiary/aromatic N) is 2. The van der Waals surface area contributed by atoms with Gasteiger partial charge in [-0.3, -0.25) is 15.1 Å². The molecule has 0 bridgehead atoms. The first-order valence-corrected chi connectivity index (χ1v) is 7.07. The molecule has 1 saturated heterocycles. The summed E-state index contributed by atoms with van der Waals surface area (Å²) in [5.74, 6) is -0.525. The Hall–Kier alpha value is -2.90. The summed E-state index contributed by atoms with van der Waals surface area (Å²) in [6, 6.07) is 3.40. The molecular weight excluding hydrogens is 300 g/mol. The number of imide groups is 1. The van der Waals surface area contributed by atoms with Crippen LogP contribution in [0.2, 0.25) is 0 Å². The fourth-order valence-corrected chi connectivity index (χ4v) is 2.40. The Kier molecular flexibility index (Phi) is 3.32. The minimum atomic E-state index is -0.968. The van der Waals surface area contributed by atoms with Gasteiger partial charge in [0.05, 0.1) is 16.7 Å². The van der Waals surface area contributed by atoms with E-state index in [1.165, 1.54) is 4.57 Å². The average Bonchev–Trinajstić information content (AvgIpc) is 2.96. The van der Waals surface area contributed by atoms with Crippen molar-refractivity contribution >= 4 is 29.1 Å². The van der Waals surface area contributed by atoms with Gasteiger partial charge in [0, 0.05) is 6.20 Å². The molecule has 23 heavy (non-hydrogen) atoms. The first-order chi connectivity index (χ1) is 10.8. The number of hydrogen-bond acceptors (Lipinski definition) is 5. The minimum absolute atomic E-state index is 0.302. The molecule has 2 N–H and O–H groups in total. The van der Waals surface area contributed by atoms with Crippen molar-refractivity contribution in [3.05, 3.63) is 30.1 Å². The van der Waals surface area contributed by atoms with Gasteiger partial charge in [0.25, 0.3) is 5.91 Å². The Bertz CT molecular complexity index is 818. The van der Waals surface area contributed by atoms with Gasteiger partial charge in [0.1, 0.15) is 5.60 Å². The molecule has 0 spiro atoms. The van der Waals surface area contributed by atoms with E-state index in [1.807, 2.05) is 0 Å². The van der Waals surface area contributed by atoms with Crippen molar-refractivity contribution in [3.8, 4) is 0 Å². The van der Waals surface area contributed by atoms with E-state index < -0.39 is 29.7 Å².